The molecule has 0 aliphatic carbocycles. The van der Waals surface area contributed by atoms with E-state index in [4.69, 9.17) is 4.74 Å². The summed E-state index contributed by atoms with van der Waals surface area (Å²) in [5, 5.41) is 8.55. The summed E-state index contributed by atoms with van der Waals surface area (Å²) in [7, 11) is 0. The van der Waals surface area contributed by atoms with Gasteiger partial charge in [0.15, 0.2) is 0 Å². The molecule has 1 aromatic heterocycles. The van der Waals surface area contributed by atoms with Crippen LogP contribution < -0.4 is 4.74 Å². The van der Waals surface area contributed by atoms with Gasteiger partial charge in [-0.25, -0.2) is 4.68 Å². The van der Waals surface area contributed by atoms with E-state index in [2.05, 4.69) is 46.7 Å². The Labute approximate surface area is 152 Å². The summed E-state index contributed by atoms with van der Waals surface area (Å²) in [4.78, 5) is 0. The molecule has 0 N–H and O–H groups in total. The average Bonchev–Trinajstić information content (AvgIpc) is 3.20. The van der Waals surface area contributed by atoms with Gasteiger partial charge in [0.1, 0.15) is 11.4 Å². The van der Waals surface area contributed by atoms with Crippen LogP contribution in [0.3, 0.4) is 0 Å². The molecular formula is C22H19N3O. The third kappa shape index (κ3) is 3.35. The van der Waals surface area contributed by atoms with E-state index < -0.39 is 0 Å². The fourth-order valence-corrected chi connectivity index (χ4v) is 2.85. The number of aromatic nitrogens is 3. The molecule has 0 saturated heterocycles. The fourth-order valence-electron chi connectivity index (χ4n) is 2.85. The first-order valence-corrected chi connectivity index (χ1v) is 8.65. The van der Waals surface area contributed by atoms with Crippen molar-refractivity contribution in [3.05, 3.63) is 85.1 Å². The lowest BCUT2D eigenvalue weighted by Gasteiger charge is -2.04. The summed E-state index contributed by atoms with van der Waals surface area (Å²) < 4.78 is 7.25. The summed E-state index contributed by atoms with van der Waals surface area (Å²) in [6.45, 7) is 2.63. The maximum absolute atomic E-state index is 5.47. The normalized spacial score (nSPS) is 10.7. The van der Waals surface area contributed by atoms with E-state index in [1.54, 1.807) is 4.68 Å². The molecule has 0 bridgehead atoms. The Morgan fingerprint density at radius 2 is 1.42 bits per heavy atom. The van der Waals surface area contributed by atoms with E-state index in [1.165, 1.54) is 11.1 Å². The molecule has 128 valence electrons. The van der Waals surface area contributed by atoms with Gasteiger partial charge in [0, 0.05) is 5.56 Å². The van der Waals surface area contributed by atoms with Crippen molar-refractivity contribution in [2.45, 2.75) is 6.92 Å². The Kier molecular flexibility index (Phi) is 4.48. The minimum absolute atomic E-state index is 0.659. The highest BCUT2D eigenvalue weighted by Crippen LogP contribution is 2.24. The largest absolute Gasteiger partial charge is 0.494 e. The Bertz CT molecular complexity index is 974. The van der Waals surface area contributed by atoms with Crippen LogP contribution >= 0.6 is 0 Å². The van der Waals surface area contributed by atoms with Crippen LogP contribution in [0.15, 0.2) is 85.1 Å². The minimum atomic E-state index is 0.659. The molecule has 0 atom stereocenters. The molecule has 0 fully saturated rings. The standard InChI is InChI=1S/C22H19N3O/c1-2-26-21-14-12-20(13-15-21)25-16-22(23-24-25)19-10-8-18(9-11-19)17-6-4-3-5-7-17/h3-16H,2H2,1H3. The van der Waals surface area contributed by atoms with Crippen molar-refractivity contribution in [3.8, 4) is 33.8 Å². The number of hydrogen-bond donors (Lipinski definition) is 0. The molecule has 3 aromatic carbocycles. The van der Waals surface area contributed by atoms with Crippen molar-refractivity contribution in [3.63, 3.8) is 0 Å². The van der Waals surface area contributed by atoms with Gasteiger partial charge in [-0.2, -0.15) is 0 Å². The minimum Gasteiger partial charge on any atom is -0.494 e. The quantitative estimate of drug-likeness (QED) is 0.513. The van der Waals surface area contributed by atoms with Crippen molar-refractivity contribution in [2.24, 2.45) is 0 Å². The van der Waals surface area contributed by atoms with E-state index in [0.29, 0.717) is 6.61 Å². The summed E-state index contributed by atoms with van der Waals surface area (Å²) in [5.74, 6) is 0.855. The number of benzene rings is 3. The third-order valence-corrected chi connectivity index (χ3v) is 4.19. The van der Waals surface area contributed by atoms with Crippen molar-refractivity contribution < 1.29 is 4.74 Å². The van der Waals surface area contributed by atoms with Gasteiger partial charge in [0.25, 0.3) is 0 Å². The zero-order chi connectivity index (χ0) is 17.8. The number of hydrogen-bond acceptors (Lipinski definition) is 3. The first kappa shape index (κ1) is 16.1. The van der Waals surface area contributed by atoms with E-state index in [-0.39, 0.29) is 0 Å². The van der Waals surface area contributed by atoms with Gasteiger partial charge >= 0.3 is 0 Å². The second-order valence-electron chi connectivity index (χ2n) is 5.92. The average molecular weight is 341 g/mol. The Hall–Kier alpha value is -3.40. The van der Waals surface area contributed by atoms with Crippen LogP contribution in [0.25, 0.3) is 28.1 Å². The van der Waals surface area contributed by atoms with Crippen LogP contribution in [0.1, 0.15) is 6.92 Å². The molecular weight excluding hydrogens is 322 g/mol. The van der Waals surface area contributed by atoms with Gasteiger partial charge in [0.05, 0.1) is 18.5 Å². The molecule has 26 heavy (non-hydrogen) atoms. The smallest absolute Gasteiger partial charge is 0.119 e. The molecule has 0 aliphatic heterocycles. The van der Waals surface area contributed by atoms with Crippen LogP contribution in [0.4, 0.5) is 0 Å². The van der Waals surface area contributed by atoms with Crippen molar-refractivity contribution in [1.82, 2.24) is 15.0 Å². The third-order valence-electron chi connectivity index (χ3n) is 4.19. The maximum Gasteiger partial charge on any atom is 0.119 e. The summed E-state index contributed by atoms with van der Waals surface area (Å²) in [5.41, 5.74) is 5.24. The van der Waals surface area contributed by atoms with Gasteiger partial charge in [-0.1, -0.05) is 59.8 Å². The summed E-state index contributed by atoms with van der Waals surface area (Å²) in [6, 6.07) is 26.5. The zero-order valence-corrected chi connectivity index (χ0v) is 14.5. The van der Waals surface area contributed by atoms with Crippen molar-refractivity contribution >= 4 is 0 Å². The maximum atomic E-state index is 5.47. The highest BCUT2D eigenvalue weighted by molar-refractivity contribution is 5.68. The fraction of sp³-hybridized carbons (Fsp3) is 0.0909. The molecule has 0 aliphatic rings. The van der Waals surface area contributed by atoms with Gasteiger partial charge in [-0.3, -0.25) is 0 Å². The van der Waals surface area contributed by atoms with Crippen LogP contribution in [0.5, 0.6) is 5.75 Å². The highest BCUT2D eigenvalue weighted by atomic mass is 16.5. The molecule has 0 amide bonds. The Morgan fingerprint density at radius 3 is 2.12 bits per heavy atom. The number of ether oxygens (including phenoxy) is 1. The van der Waals surface area contributed by atoms with E-state index >= 15 is 0 Å². The first-order chi connectivity index (χ1) is 12.8. The molecule has 4 aromatic rings. The van der Waals surface area contributed by atoms with E-state index in [1.807, 2.05) is 55.6 Å². The number of rotatable bonds is 5. The second-order valence-corrected chi connectivity index (χ2v) is 5.92. The highest BCUT2D eigenvalue weighted by Gasteiger charge is 2.06. The SMILES string of the molecule is CCOc1ccc(-n2cc(-c3ccc(-c4ccccc4)cc3)nn2)cc1. The van der Waals surface area contributed by atoms with Gasteiger partial charge in [-0.05, 0) is 42.3 Å². The molecule has 0 radical (unpaired) electrons. The lowest BCUT2D eigenvalue weighted by molar-refractivity contribution is 0.340. The second kappa shape index (κ2) is 7.23. The first-order valence-electron chi connectivity index (χ1n) is 8.65. The van der Waals surface area contributed by atoms with Gasteiger partial charge < -0.3 is 4.74 Å². The lowest BCUT2D eigenvalue weighted by atomic mass is 10.0. The van der Waals surface area contributed by atoms with E-state index in [0.717, 1.165) is 22.7 Å². The Balaban J connectivity index is 1.56. The van der Waals surface area contributed by atoms with E-state index in [9.17, 15) is 0 Å². The van der Waals surface area contributed by atoms with Crippen LogP contribution in [0, 0.1) is 0 Å². The van der Waals surface area contributed by atoms with Crippen LogP contribution in [0.2, 0.25) is 0 Å². The number of nitrogens with zero attached hydrogens (tertiary/aromatic N) is 3. The zero-order valence-electron chi connectivity index (χ0n) is 14.5. The summed E-state index contributed by atoms with van der Waals surface area (Å²) >= 11 is 0. The monoisotopic (exact) mass is 341 g/mol. The molecule has 4 heteroatoms. The van der Waals surface area contributed by atoms with Crippen LogP contribution in [-0.2, 0) is 0 Å². The topological polar surface area (TPSA) is 39.9 Å². The predicted octanol–water partition coefficient (Wildman–Crippen LogP) is 5.00. The Morgan fingerprint density at radius 1 is 0.769 bits per heavy atom. The predicted molar refractivity (Wildman–Crippen MR) is 103 cm³/mol. The van der Waals surface area contributed by atoms with Crippen molar-refractivity contribution in [1.29, 1.82) is 0 Å². The molecule has 0 saturated carbocycles. The van der Waals surface area contributed by atoms with Crippen LogP contribution in [-0.4, -0.2) is 21.6 Å². The molecule has 0 spiro atoms. The molecule has 0 unspecified atom stereocenters. The van der Waals surface area contributed by atoms with Crippen molar-refractivity contribution in [2.75, 3.05) is 6.61 Å². The molecule has 4 nitrogen and oxygen atoms in total. The molecule has 1 heterocycles. The van der Waals surface area contributed by atoms with Gasteiger partial charge in [-0.15, -0.1) is 5.10 Å². The molecule has 4 rings (SSSR count). The summed E-state index contributed by atoms with van der Waals surface area (Å²) in [6.07, 6.45) is 1.94. The van der Waals surface area contributed by atoms with Gasteiger partial charge in [0.2, 0.25) is 0 Å². The lowest BCUT2D eigenvalue weighted by Crippen LogP contribution is -1.96.